The summed E-state index contributed by atoms with van der Waals surface area (Å²) in [4.78, 5) is 30.4. The van der Waals surface area contributed by atoms with Gasteiger partial charge in [-0.2, -0.15) is 10.2 Å². The first-order valence-corrected chi connectivity index (χ1v) is 17.9. The predicted molar refractivity (Wildman–Crippen MR) is 209 cm³/mol. The molecule has 0 amide bonds. The zero-order valence-electron chi connectivity index (χ0n) is 31.0. The zero-order valence-corrected chi connectivity index (χ0v) is 32.6. The summed E-state index contributed by atoms with van der Waals surface area (Å²) in [5, 5.41) is 8.76. The average molecular weight is 794 g/mol. The lowest BCUT2D eigenvalue weighted by atomic mass is 9.84. The molecule has 7 rings (SSSR count). The molecular formula is C40H42BBrN6O6. The third kappa shape index (κ3) is 10.2. The molecule has 0 bridgehead atoms. The molecule has 1 aliphatic rings. The number of carbonyl (C=O) groups is 2. The molecule has 278 valence electrons. The fourth-order valence-corrected chi connectivity index (χ4v) is 5.67. The summed E-state index contributed by atoms with van der Waals surface area (Å²) < 4.78 is 26.0. The number of esters is 2. The Kier molecular flexibility index (Phi) is 13.3. The van der Waals surface area contributed by atoms with Crippen LogP contribution in [0.5, 0.6) is 0 Å². The van der Waals surface area contributed by atoms with Crippen molar-refractivity contribution in [3.63, 3.8) is 0 Å². The van der Waals surface area contributed by atoms with Gasteiger partial charge < -0.3 is 18.8 Å². The van der Waals surface area contributed by atoms with Crippen molar-refractivity contribution in [2.45, 2.75) is 52.0 Å². The van der Waals surface area contributed by atoms with Gasteiger partial charge in [-0.25, -0.2) is 9.59 Å². The minimum absolute atomic E-state index is 0.334. The first-order valence-electron chi connectivity index (χ1n) is 17.1. The number of hydrogen-bond acceptors (Lipinski definition) is 10. The van der Waals surface area contributed by atoms with Crippen LogP contribution in [0.1, 0.15) is 59.5 Å². The molecule has 14 heteroatoms. The molecule has 0 unspecified atom stereocenters. The number of carbonyl (C=O) groups excluding carboxylic acids is 2. The Balaban J connectivity index is 0.000000165. The first-order chi connectivity index (χ1) is 25.9. The van der Waals surface area contributed by atoms with E-state index in [9.17, 15) is 9.59 Å². The Morgan fingerprint density at radius 2 is 1.19 bits per heavy atom. The molecule has 0 atom stereocenters. The SMILES string of the molecule is CC1(C)OB(c2ccnn2Cc2ccccc2)OC1(C)C.COC(=O)c1cncc(-c2ccnn2Cc2ccccc2)c1.COC(=O)c1cncc(Br)c1. The summed E-state index contributed by atoms with van der Waals surface area (Å²) in [6, 6.07) is 27.6. The van der Waals surface area contributed by atoms with Gasteiger partial charge in [0.15, 0.2) is 0 Å². The highest BCUT2D eigenvalue weighted by atomic mass is 79.9. The van der Waals surface area contributed by atoms with Crippen LogP contribution >= 0.6 is 15.9 Å². The second kappa shape index (κ2) is 18.1. The summed E-state index contributed by atoms with van der Waals surface area (Å²) in [6.45, 7) is 9.62. The number of halogens is 1. The van der Waals surface area contributed by atoms with Crippen molar-refractivity contribution in [1.82, 2.24) is 29.5 Å². The van der Waals surface area contributed by atoms with Gasteiger partial charge in [-0.1, -0.05) is 60.7 Å². The van der Waals surface area contributed by atoms with Crippen molar-refractivity contribution in [2.75, 3.05) is 14.2 Å². The second-order valence-electron chi connectivity index (χ2n) is 13.2. The Bertz CT molecular complexity index is 2130. The van der Waals surface area contributed by atoms with Crippen molar-refractivity contribution in [3.05, 3.63) is 149 Å². The molecule has 5 heterocycles. The van der Waals surface area contributed by atoms with E-state index in [-0.39, 0.29) is 24.3 Å². The van der Waals surface area contributed by atoms with Gasteiger partial charge in [0.2, 0.25) is 0 Å². The van der Waals surface area contributed by atoms with Gasteiger partial charge in [0.05, 0.1) is 60.9 Å². The van der Waals surface area contributed by atoms with Gasteiger partial charge in [0.1, 0.15) is 0 Å². The van der Waals surface area contributed by atoms with Crippen LogP contribution in [0.15, 0.2) is 127 Å². The van der Waals surface area contributed by atoms with Gasteiger partial charge in [0, 0.05) is 47.2 Å². The standard InChI is InChI=1S/C17H15N3O2.C16H21BN2O2.C7H6BrNO2/c1-22-17(21)15-9-14(10-18-11-15)16-7-8-19-20(16)12-13-5-3-2-4-6-13;1-15(2)16(3,4)21-17(20-15)14-10-11-18-19(14)12-13-8-6-5-7-9-13;1-11-7(10)5-2-6(8)4-9-3-5/h2-11H,12H2,1H3;5-11H,12H2,1-4H3;2-4H,1H3. The molecule has 1 aliphatic heterocycles. The van der Waals surface area contributed by atoms with E-state index in [1.54, 1.807) is 36.9 Å². The topological polar surface area (TPSA) is 132 Å². The van der Waals surface area contributed by atoms with E-state index < -0.39 is 5.97 Å². The van der Waals surface area contributed by atoms with Crippen LogP contribution in [0.2, 0.25) is 0 Å². The number of nitrogens with zero attached hydrogens (tertiary/aromatic N) is 6. The van der Waals surface area contributed by atoms with E-state index in [1.807, 2.05) is 57.9 Å². The maximum Gasteiger partial charge on any atom is 0.514 e. The second-order valence-corrected chi connectivity index (χ2v) is 14.1. The highest BCUT2D eigenvalue weighted by Gasteiger charge is 2.52. The quantitative estimate of drug-likeness (QED) is 0.122. The number of rotatable bonds is 8. The third-order valence-corrected chi connectivity index (χ3v) is 9.33. The number of ether oxygens (including phenoxy) is 2. The van der Waals surface area contributed by atoms with Crippen LogP contribution in [-0.2, 0) is 31.9 Å². The highest BCUT2D eigenvalue weighted by Crippen LogP contribution is 2.36. The third-order valence-electron chi connectivity index (χ3n) is 8.89. The van der Waals surface area contributed by atoms with Crippen LogP contribution in [0.3, 0.4) is 0 Å². The van der Waals surface area contributed by atoms with Crippen molar-refractivity contribution in [3.8, 4) is 11.3 Å². The lowest BCUT2D eigenvalue weighted by Gasteiger charge is -2.32. The van der Waals surface area contributed by atoms with Gasteiger partial charge in [-0.3, -0.25) is 19.3 Å². The molecule has 0 aliphatic carbocycles. The molecule has 0 saturated carbocycles. The molecule has 54 heavy (non-hydrogen) atoms. The zero-order chi connectivity index (χ0) is 38.7. The molecule has 1 saturated heterocycles. The number of benzene rings is 2. The number of methoxy groups -OCH3 is 2. The van der Waals surface area contributed by atoms with Crippen LogP contribution in [0.25, 0.3) is 11.3 Å². The largest absolute Gasteiger partial charge is 0.514 e. The maximum atomic E-state index is 11.6. The lowest BCUT2D eigenvalue weighted by molar-refractivity contribution is 0.00578. The summed E-state index contributed by atoms with van der Waals surface area (Å²) in [5.74, 6) is -0.776. The number of aromatic nitrogens is 6. The average Bonchev–Trinajstić information content (AvgIpc) is 3.89. The lowest BCUT2D eigenvalue weighted by Crippen LogP contribution is -2.41. The Morgan fingerprint density at radius 1 is 0.685 bits per heavy atom. The van der Waals surface area contributed by atoms with Crippen LogP contribution in [-0.4, -0.2) is 74.0 Å². The fourth-order valence-electron chi connectivity index (χ4n) is 5.31. The first kappa shape index (κ1) is 39.8. The predicted octanol–water partition coefficient (Wildman–Crippen LogP) is 6.64. The van der Waals surface area contributed by atoms with Crippen LogP contribution < -0.4 is 5.59 Å². The molecule has 1 fully saturated rings. The Morgan fingerprint density at radius 3 is 1.74 bits per heavy atom. The molecule has 4 aromatic heterocycles. The fraction of sp³-hybridized carbons (Fsp3) is 0.250. The number of pyridine rings is 2. The van der Waals surface area contributed by atoms with E-state index in [4.69, 9.17) is 14.0 Å². The maximum absolute atomic E-state index is 11.6. The van der Waals surface area contributed by atoms with Gasteiger partial charge >= 0.3 is 19.1 Å². The summed E-state index contributed by atoms with van der Waals surface area (Å²) in [6.07, 6.45) is 9.80. The smallest absolute Gasteiger partial charge is 0.465 e. The van der Waals surface area contributed by atoms with Crippen LogP contribution in [0.4, 0.5) is 0 Å². The molecular weight excluding hydrogens is 751 g/mol. The normalized spacial score (nSPS) is 13.9. The van der Waals surface area contributed by atoms with E-state index >= 15 is 0 Å². The minimum Gasteiger partial charge on any atom is -0.465 e. The van der Waals surface area contributed by atoms with Gasteiger partial charge in [-0.05, 0) is 79.0 Å². The minimum atomic E-state index is -0.400. The molecule has 0 radical (unpaired) electrons. The Labute approximate surface area is 323 Å². The summed E-state index contributed by atoms with van der Waals surface area (Å²) in [7, 11) is 2.32. The van der Waals surface area contributed by atoms with Gasteiger partial charge in [-0.15, -0.1) is 0 Å². The monoisotopic (exact) mass is 792 g/mol. The van der Waals surface area contributed by atoms with E-state index in [2.05, 4.69) is 92.8 Å². The Hall–Kier alpha value is -5.44. The van der Waals surface area contributed by atoms with Crippen molar-refractivity contribution in [2.24, 2.45) is 0 Å². The van der Waals surface area contributed by atoms with E-state index in [1.165, 1.54) is 32.2 Å². The van der Waals surface area contributed by atoms with Crippen molar-refractivity contribution >= 4 is 40.6 Å². The van der Waals surface area contributed by atoms with E-state index in [0.717, 1.165) is 26.9 Å². The highest BCUT2D eigenvalue weighted by molar-refractivity contribution is 9.10. The van der Waals surface area contributed by atoms with Gasteiger partial charge in [0.25, 0.3) is 0 Å². The van der Waals surface area contributed by atoms with Crippen molar-refractivity contribution in [1.29, 1.82) is 0 Å². The summed E-state index contributed by atoms with van der Waals surface area (Å²) >= 11 is 3.19. The molecule has 0 spiro atoms. The molecule has 2 aromatic carbocycles. The molecule has 12 nitrogen and oxygen atoms in total. The van der Waals surface area contributed by atoms with Crippen molar-refractivity contribution < 1.29 is 28.4 Å². The number of hydrogen-bond donors (Lipinski definition) is 0. The van der Waals surface area contributed by atoms with E-state index in [0.29, 0.717) is 24.2 Å². The molecule has 6 aromatic rings. The molecule has 0 N–H and O–H groups in total. The van der Waals surface area contributed by atoms with Crippen LogP contribution in [0, 0.1) is 0 Å². The summed E-state index contributed by atoms with van der Waals surface area (Å²) in [5.41, 5.74) is 5.26.